The highest BCUT2D eigenvalue weighted by Crippen LogP contribution is 2.28. The minimum Gasteiger partial charge on any atom is -0.385 e. The molecule has 1 fully saturated rings. The number of nitrogens with zero attached hydrogens (tertiary/aromatic N) is 3. The third-order valence-corrected chi connectivity index (χ3v) is 6.21. The van der Waals surface area contributed by atoms with E-state index >= 15 is 0 Å². The van der Waals surface area contributed by atoms with E-state index < -0.39 is 0 Å². The van der Waals surface area contributed by atoms with Crippen molar-refractivity contribution in [3.8, 4) is 0 Å². The molecule has 202 valence electrons. The largest absolute Gasteiger partial charge is 0.385 e. The number of aryl methyl sites for hydroxylation is 1. The predicted octanol–water partition coefficient (Wildman–Crippen LogP) is 6.45. The molecule has 2 aliphatic rings. The zero-order chi connectivity index (χ0) is 27.2. The lowest BCUT2D eigenvalue weighted by Crippen LogP contribution is -2.31. The maximum Gasteiger partial charge on any atom is 0.153 e. The summed E-state index contributed by atoms with van der Waals surface area (Å²) < 4.78 is 0. The van der Waals surface area contributed by atoms with E-state index in [1.807, 2.05) is 32.3 Å². The van der Waals surface area contributed by atoms with Gasteiger partial charge in [-0.1, -0.05) is 51.3 Å². The van der Waals surface area contributed by atoms with Gasteiger partial charge in [0.05, 0.1) is 18.0 Å². The van der Waals surface area contributed by atoms with E-state index in [4.69, 9.17) is 4.99 Å². The summed E-state index contributed by atoms with van der Waals surface area (Å²) in [6, 6.07) is 1.95. The fourth-order valence-electron chi connectivity index (χ4n) is 3.41. The number of likely N-dealkylation sites (N-methyl/N-ethyl adjacent to an activating group) is 1. The Morgan fingerprint density at radius 2 is 1.97 bits per heavy atom. The Morgan fingerprint density at radius 1 is 1.24 bits per heavy atom. The molecule has 37 heavy (non-hydrogen) atoms. The van der Waals surface area contributed by atoms with Crippen LogP contribution in [0.15, 0.2) is 81.7 Å². The highest BCUT2D eigenvalue weighted by molar-refractivity contribution is 8.06. The quantitative estimate of drug-likeness (QED) is 0.223. The van der Waals surface area contributed by atoms with Gasteiger partial charge >= 0.3 is 0 Å². The lowest BCUT2D eigenvalue weighted by Gasteiger charge is -2.27. The van der Waals surface area contributed by atoms with Crippen LogP contribution in [0.25, 0.3) is 0 Å². The molecule has 1 aliphatic heterocycles. The number of hydrogen-bond acceptors (Lipinski definition) is 7. The summed E-state index contributed by atoms with van der Waals surface area (Å²) in [5.41, 5.74) is 4.00. The third-order valence-electron chi connectivity index (χ3n) is 5.31. The molecule has 8 heteroatoms. The average Bonchev–Trinajstić information content (AvgIpc) is 3.59. The molecule has 0 bridgehead atoms. The van der Waals surface area contributed by atoms with Crippen LogP contribution in [0.4, 0.5) is 5.82 Å². The minimum atomic E-state index is 0.634. The van der Waals surface area contributed by atoms with Gasteiger partial charge in [-0.25, -0.2) is 0 Å². The number of anilines is 1. The van der Waals surface area contributed by atoms with Crippen LogP contribution in [0.1, 0.15) is 52.7 Å². The minimum absolute atomic E-state index is 0.634. The van der Waals surface area contributed by atoms with Crippen LogP contribution < -0.4 is 16.0 Å². The van der Waals surface area contributed by atoms with Crippen LogP contribution in [0.3, 0.4) is 0 Å². The Labute approximate surface area is 228 Å². The van der Waals surface area contributed by atoms with E-state index in [1.54, 1.807) is 11.8 Å². The first-order chi connectivity index (χ1) is 17.8. The van der Waals surface area contributed by atoms with Crippen molar-refractivity contribution in [2.24, 2.45) is 10.9 Å². The van der Waals surface area contributed by atoms with Gasteiger partial charge < -0.3 is 20.9 Å². The number of aromatic nitrogens is 2. The van der Waals surface area contributed by atoms with Gasteiger partial charge in [-0.3, -0.25) is 10.1 Å². The Hall–Kier alpha value is -2.97. The van der Waals surface area contributed by atoms with E-state index in [0.29, 0.717) is 13.1 Å². The fraction of sp³-hybridized carbons (Fsp3) is 0.448. The zero-order valence-electron chi connectivity index (χ0n) is 23.4. The van der Waals surface area contributed by atoms with Crippen LogP contribution in [0.5, 0.6) is 0 Å². The standard InChI is InChI=1S/C26H37N7S.C3H8/c1-7-23(28-14-22-9-10-22)11-8-19(3)34-20(4)13-24-16-33(17-25(30-24)15-27-6)21(5)29-26-12-18(2)31-32-26;1-3-2/h7-8,11-13,17,22,27-28H,1,5,9-10,14-16H2,2-4,6H3,(H2,29,31,32);3H2,1-2H3/b19-8+,20-13+,23-11+;. The second kappa shape index (κ2) is 16.0. The molecule has 0 unspecified atom stereocenters. The Kier molecular flexibility index (Phi) is 13.1. The summed E-state index contributed by atoms with van der Waals surface area (Å²) in [5, 5.41) is 17.1. The maximum absolute atomic E-state index is 4.84. The second-order valence-electron chi connectivity index (χ2n) is 9.38. The first-order valence-electron chi connectivity index (χ1n) is 13.1. The van der Waals surface area contributed by atoms with E-state index in [9.17, 15) is 0 Å². The zero-order valence-corrected chi connectivity index (χ0v) is 24.3. The highest BCUT2D eigenvalue weighted by atomic mass is 32.2. The van der Waals surface area contributed by atoms with Gasteiger partial charge in [0.1, 0.15) is 5.82 Å². The van der Waals surface area contributed by atoms with Gasteiger partial charge in [0.25, 0.3) is 0 Å². The summed E-state index contributed by atoms with van der Waals surface area (Å²) >= 11 is 1.74. The molecule has 2 heterocycles. The normalized spacial score (nSPS) is 16.4. The van der Waals surface area contributed by atoms with Crippen molar-refractivity contribution in [2.45, 2.75) is 53.9 Å². The Balaban J connectivity index is 0.00000153. The molecule has 0 atom stereocenters. The topological polar surface area (TPSA) is 80.4 Å². The van der Waals surface area contributed by atoms with Gasteiger partial charge in [0, 0.05) is 36.7 Å². The number of rotatable bonds is 13. The SMILES string of the molecule is C=C/C(=C\C=C(/C)S/C(C)=C/C1=NC(CNC)=CN(C(=C)Nc2cc(C)[nH]n2)C1)NCC1CC1.CCC. The summed E-state index contributed by atoms with van der Waals surface area (Å²) in [4.78, 5) is 9.29. The van der Waals surface area contributed by atoms with E-state index in [2.05, 4.69) is 90.1 Å². The van der Waals surface area contributed by atoms with Crippen LogP contribution in [-0.4, -0.2) is 47.5 Å². The van der Waals surface area contributed by atoms with E-state index in [1.165, 1.54) is 29.1 Å². The summed E-state index contributed by atoms with van der Waals surface area (Å²) in [5.74, 6) is 2.33. The molecule has 1 aliphatic carbocycles. The molecule has 1 aromatic heterocycles. The molecule has 0 amide bonds. The number of allylic oxidation sites excluding steroid dienone is 5. The van der Waals surface area contributed by atoms with Crippen molar-refractivity contribution in [1.82, 2.24) is 25.7 Å². The average molecular weight is 524 g/mol. The lowest BCUT2D eigenvalue weighted by molar-refractivity contribution is 0.522. The molecular formula is C29H45N7S. The first kappa shape index (κ1) is 30.3. The Bertz CT molecular complexity index is 1050. The number of thioether (sulfide) groups is 1. The second-order valence-corrected chi connectivity index (χ2v) is 10.9. The van der Waals surface area contributed by atoms with Crippen molar-refractivity contribution in [3.63, 3.8) is 0 Å². The smallest absolute Gasteiger partial charge is 0.153 e. The monoisotopic (exact) mass is 523 g/mol. The van der Waals surface area contributed by atoms with Crippen molar-refractivity contribution in [2.75, 3.05) is 32.0 Å². The summed E-state index contributed by atoms with van der Waals surface area (Å²) in [6.45, 7) is 20.9. The van der Waals surface area contributed by atoms with Gasteiger partial charge in [0.2, 0.25) is 0 Å². The molecule has 0 spiro atoms. The fourth-order valence-corrected chi connectivity index (χ4v) is 4.25. The number of H-pyrrole nitrogens is 1. The van der Waals surface area contributed by atoms with Gasteiger partial charge in [-0.2, -0.15) is 5.10 Å². The number of nitrogens with one attached hydrogen (secondary N) is 4. The summed E-state index contributed by atoms with van der Waals surface area (Å²) in [6.07, 6.45) is 14.2. The summed E-state index contributed by atoms with van der Waals surface area (Å²) in [7, 11) is 1.92. The molecule has 0 aromatic carbocycles. The van der Waals surface area contributed by atoms with Crippen LogP contribution >= 0.6 is 11.8 Å². The molecule has 7 nitrogen and oxygen atoms in total. The molecular weight excluding hydrogens is 478 g/mol. The molecule has 0 radical (unpaired) electrons. The van der Waals surface area contributed by atoms with Crippen molar-refractivity contribution in [3.05, 3.63) is 82.4 Å². The first-order valence-corrected chi connectivity index (χ1v) is 13.9. The predicted molar refractivity (Wildman–Crippen MR) is 162 cm³/mol. The Morgan fingerprint density at radius 3 is 2.57 bits per heavy atom. The molecule has 0 saturated heterocycles. The lowest BCUT2D eigenvalue weighted by atomic mass is 10.2. The molecule has 1 aromatic rings. The van der Waals surface area contributed by atoms with Gasteiger partial charge in [0.15, 0.2) is 5.82 Å². The third kappa shape index (κ3) is 11.7. The van der Waals surface area contributed by atoms with Crippen LogP contribution in [0, 0.1) is 12.8 Å². The molecule has 4 N–H and O–H groups in total. The highest BCUT2D eigenvalue weighted by Gasteiger charge is 2.20. The van der Waals surface area contributed by atoms with Crippen molar-refractivity contribution < 1.29 is 0 Å². The number of aromatic amines is 1. The maximum atomic E-state index is 4.84. The van der Waals surface area contributed by atoms with Crippen LogP contribution in [-0.2, 0) is 0 Å². The van der Waals surface area contributed by atoms with Gasteiger partial charge in [-0.15, -0.1) is 0 Å². The van der Waals surface area contributed by atoms with Crippen molar-refractivity contribution in [1.29, 1.82) is 0 Å². The van der Waals surface area contributed by atoms with Crippen molar-refractivity contribution >= 4 is 23.3 Å². The number of aliphatic imine (C=N–C) groups is 1. The van der Waals surface area contributed by atoms with Gasteiger partial charge in [-0.05, 0) is 74.6 Å². The number of hydrogen-bond donors (Lipinski definition) is 4. The van der Waals surface area contributed by atoms with E-state index in [0.717, 1.165) is 46.9 Å². The molecule has 1 saturated carbocycles. The molecule has 3 rings (SSSR count). The van der Waals surface area contributed by atoms with E-state index in [-0.39, 0.29) is 0 Å². The van der Waals surface area contributed by atoms with Crippen LogP contribution in [0.2, 0.25) is 0 Å².